The number of nitrogens with zero attached hydrogens (tertiary/aromatic N) is 2. The summed E-state index contributed by atoms with van der Waals surface area (Å²) in [7, 11) is 2.31. The average molecular weight is 253 g/mol. The van der Waals surface area contributed by atoms with E-state index in [0.717, 1.165) is 12.5 Å². The predicted octanol–water partition coefficient (Wildman–Crippen LogP) is 1.92. The standard InChI is InChI=1S/C15H31N3/c1-3-9-18-10-4-7-15(13-16,8-11-18)17(2)12-14-5-6-14/h14H,3-13,16H2,1-2H3. The van der Waals surface area contributed by atoms with Crippen molar-refractivity contribution < 1.29 is 0 Å². The number of nitrogens with two attached hydrogens (primary N) is 1. The third-order valence-electron chi connectivity index (χ3n) is 4.97. The molecule has 106 valence electrons. The molecule has 2 N–H and O–H groups in total. The van der Waals surface area contributed by atoms with Crippen LogP contribution in [0.1, 0.15) is 45.4 Å². The van der Waals surface area contributed by atoms with Gasteiger partial charge in [-0.2, -0.15) is 0 Å². The maximum absolute atomic E-state index is 6.16. The second-order valence-electron chi connectivity index (χ2n) is 6.45. The van der Waals surface area contributed by atoms with Crippen LogP contribution in [0.25, 0.3) is 0 Å². The number of hydrogen-bond acceptors (Lipinski definition) is 3. The Kier molecular flexibility index (Phi) is 5.05. The molecule has 2 aliphatic rings. The Balaban J connectivity index is 1.93. The van der Waals surface area contributed by atoms with E-state index in [1.807, 2.05) is 0 Å². The molecule has 1 saturated heterocycles. The Morgan fingerprint density at radius 1 is 1.28 bits per heavy atom. The Hall–Kier alpha value is -0.120. The van der Waals surface area contributed by atoms with Crippen molar-refractivity contribution in [3.63, 3.8) is 0 Å². The van der Waals surface area contributed by atoms with Gasteiger partial charge in [0.25, 0.3) is 0 Å². The molecule has 0 aromatic rings. The minimum atomic E-state index is 0.283. The van der Waals surface area contributed by atoms with Gasteiger partial charge in [-0.1, -0.05) is 6.92 Å². The fourth-order valence-electron chi connectivity index (χ4n) is 3.40. The van der Waals surface area contributed by atoms with Crippen LogP contribution in [0, 0.1) is 5.92 Å². The molecule has 0 aromatic carbocycles. The van der Waals surface area contributed by atoms with Crippen molar-refractivity contribution in [1.82, 2.24) is 9.80 Å². The average Bonchev–Trinajstić information content (AvgIpc) is 3.17. The number of likely N-dealkylation sites (tertiary alicyclic amines) is 1. The molecule has 1 atom stereocenters. The van der Waals surface area contributed by atoms with Gasteiger partial charge in [-0.15, -0.1) is 0 Å². The molecule has 1 aliphatic heterocycles. The summed E-state index contributed by atoms with van der Waals surface area (Å²) in [5.41, 5.74) is 6.45. The molecule has 1 aliphatic carbocycles. The van der Waals surface area contributed by atoms with Crippen molar-refractivity contribution in [2.75, 3.05) is 39.8 Å². The van der Waals surface area contributed by atoms with Crippen molar-refractivity contribution in [3.05, 3.63) is 0 Å². The van der Waals surface area contributed by atoms with Crippen molar-refractivity contribution in [2.24, 2.45) is 11.7 Å². The second-order valence-corrected chi connectivity index (χ2v) is 6.45. The summed E-state index contributed by atoms with van der Waals surface area (Å²) >= 11 is 0. The van der Waals surface area contributed by atoms with E-state index < -0.39 is 0 Å². The van der Waals surface area contributed by atoms with Crippen molar-refractivity contribution in [2.45, 2.75) is 51.0 Å². The van der Waals surface area contributed by atoms with E-state index in [0.29, 0.717) is 0 Å². The first-order valence-corrected chi connectivity index (χ1v) is 7.84. The quantitative estimate of drug-likeness (QED) is 0.785. The van der Waals surface area contributed by atoms with Gasteiger partial charge in [-0.3, -0.25) is 4.90 Å². The van der Waals surface area contributed by atoms with Gasteiger partial charge >= 0.3 is 0 Å². The number of likely N-dealkylation sites (N-methyl/N-ethyl adjacent to an activating group) is 1. The van der Waals surface area contributed by atoms with Gasteiger partial charge in [0.05, 0.1) is 0 Å². The molecule has 3 heteroatoms. The van der Waals surface area contributed by atoms with Crippen LogP contribution >= 0.6 is 0 Å². The van der Waals surface area contributed by atoms with Crippen LogP contribution in [0.15, 0.2) is 0 Å². The molecule has 0 radical (unpaired) electrons. The fraction of sp³-hybridized carbons (Fsp3) is 1.00. The van der Waals surface area contributed by atoms with Crippen LogP contribution in [-0.4, -0.2) is 55.1 Å². The summed E-state index contributed by atoms with van der Waals surface area (Å²) in [6.45, 7) is 8.14. The summed E-state index contributed by atoms with van der Waals surface area (Å²) < 4.78 is 0. The summed E-state index contributed by atoms with van der Waals surface area (Å²) in [5.74, 6) is 0.966. The van der Waals surface area contributed by atoms with Crippen LogP contribution in [0.5, 0.6) is 0 Å². The Labute approximate surface area is 113 Å². The lowest BCUT2D eigenvalue weighted by atomic mass is 9.88. The molecule has 2 rings (SSSR count). The van der Waals surface area contributed by atoms with E-state index in [-0.39, 0.29) is 5.54 Å². The molecule has 0 bridgehead atoms. The zero-order valence-corrected chi connectivity index (χ0v) is 12.3. The largest absolute Gasteiger partial charge is 0.329 e. The van der Waals surface area contributed by atoms with Gasteiger partial charge in [0, 0.05) is 18.6 Å². The molecular formula is C15H31N3. The highest BCUT2D eigenvalue weighted by Gasteiger charge is 2.37. The molecule has 2 fully saturated rings. The normalized spacial score (nSPS) is 30.7. The lowest BCUT2D eigenvalue weighted by Crippen LogP contribution is -2.53. The number of hydrogen-bond donors (Lipinski definition) is 1. The van der Waals surface area contributed by atoms with Gasteiger partial charge < -0.3 is 10.6 Å². The highest BCUT2D eigenvalue weighted by Crippen LogP contribution is 2.34. The van der Waals surface area contributed by atoms with Crippen LogP contribution in [0.3, 0.4) is 0 Å². The molecule has 1 heterocycles. The fourth-order valence-corrected chi connectivity index (χ4v) is 3.40. The van der Waals surface area contributed by atoms with Crippen molar-refractivity contribution >= 4 is 0 Å². The molecule has 0 spiro atoms. The first-order valence-electron chi connectivity index (χ1n) is 7.84. The van der Waals surface area contributed by atoms with Crippen LogP contribution in [-0.2, 0) is 0 Å². The van der Waals surface area contributed by atoms with E-state index in [4.69, 9.17) is 5.73 Å². The summed E-state index contributed by atoms with van der Waals surface area (Å²) in [6.07, 6.45) is 8.00. The van der Waals surface area contributed by atoms with Gasteiger partial charge in [0.1, 0.15) is 0 Å². The Morgan fingerprint density at radius 3 is 2.67 bits per heavy atom. The van der Waals surface area contributed by atoms with Crippen molar-refractivity contribution in [1.29, 1.82) is 0 Å². The van der Waals surface area contributed by atoms with Gasteiger partial charge in [-0.05, 0) is 71.1 Å². The highest BCUT2D eigenvalue weighted by atomic mass is 15.2. The molecule has 0 amide bonds. The van der Waals surface area contributed by atoms with Gasteiger partial charge in [0.2, 0.25) is 0 Å². The topological polar surface area (TPSA) is 32.5 Å². The number of rotatable bonds is 6. The zero-order chi connectivity index (χ0) is 13.0. The van der Waals surface area contributed by atoms with E-state index in [1.165, 1.54) is 64.7 Å². The van der Waals surface area contributed by atoms with E-state index in [9.17, 15) is 0 Å². The monoisotopic (exact) mass is 253 g/mol. The zero-order valence-electron chi connectivity index (χ0n) is 12.3. The molecule has 0 aromatic heterocycles. The van der Waals surface area contributed by atoms with E-state index in [1.54, 1.807) is 0 Å². The minimum Gasteiger partial charge on any atom is -0.329 e. The maximum atomic E-state index is 6.16. The third-order valence-corrected chi connectivity index (χ3v) is 4.97. The van der Waals surface area contributed by atoms with E-state index >= 15 is 0 Å². The minimum absolute atomic E-state index is 0.283. The Morgan fingerprint density at radius 2 is 2.06 bits per heavy atom. The van der Waals surface area contributed by atoms with Crippen LogP contribution < -0.4 is 5.73 Å². The molecule has 1 saturated carbocycles. The predicted molar refractivity (Wildman–Crippen MR) is 77.7 cm³/mol. The lowest BCUT2D eigenvalue weighted by Gasteiger charge is -2.41. The first kappa shape index (κ1) is 14.3. The SMILES string of the molecule is CCCN1CCCC(CN)(N(C)CC2CC2)CC1. The molecule has 3 nitrogen and oxygen atoms in total. The molecular weight excluding hydrogens is 222 g/mol. The van der Waals surface area contributed by atoms with Gasteiger partial charge in [0.15, 0.2) is 0 Å². The smallest absolute Gasteiger partial charge is 0.0341 e. The Bertz CT molecular complexity index is 252. The highest BCUT2D eigenvalue weighted by molar-refractivity contribution is 4.95. The molecule has 18 heavy (non-hydrogen) atoms. The second kappa shape index (κ2) is 6.36. The summed E-state index contributed by atoms with van der Waals surface area (Å²) in [4.78, 5) is 5.22. The third kappa shape index (κ3) is 3.46. The summed E-state index contributed by atoms with van der Waals surface area (Å²) in [5, 5.41) is 0. The lowest BCUT2D eigenvalue weighted by molar-refractivity contribution is 0.101. The van der Waals surface area contributed by atoms with Gasteiger partial charge in [-0.25, -0.2) is 0 Å². The van der Waals surface area contributed by atoms with E-state index in [2.05, 4.69) is 23.8 Å². The van der Waals surface area contributed by atoms with Crippen molar-refractivity contribution in [3.8, 4) is 0 Å². The van der Waals surface area contributed by atoms with Crippen LogP contribution in [0.4, 0.5) is 0 Å². The molecule has 1 unspecified atom stereocenters. The summed E-state index contributed by atoms with van der Waals surface area (Å²) in [6, 6.07) is 0. The maximum Gasteiger partial charge on any atom is 0.0341 e. The van der Waals surface area contributed by atoms with Crippen LogP contribution in [0.2, 0.25) is 0 Å². The first-order chi connectivity index (χ1) is 8.70.